The van der Waals surface area contributed by atoms with Crippen LogP contribution in [0, 0.1) is 0 Å². The van der Waals surface area contributed by atoms with Gasteiger partial charge in [0.2, 0.25) is 0 Å². The zero-order valence-electron chi connectivity index (χ0n) is 15.6. The number of benzene rings is 1. The molecule has 6 nitrogen and oxygen atoms in total. The molecule has 2 N–H and O–H groups in total. The molecule has 29 heavy (non-hydrogen) atoms. The first-order valence-electron chi connectivity index (χ1n) is 9.42. The second kappa shape index (κ2) is 7.90. The molecule has 1 saturated heterocycles. The third kappa shape index (κ3) is 3.74. The van der Waals surface area contributed by atoms with Crippen molar-refractivity contribution in [2.24, 2.45) is 0 Å². The van der Waals surface area contributed by atoms with E-state index in [0.29, 0.717) is 4.88 Å². The van der Waals surface area contributed by atoms with Crippen LogP contribution in [0.3, 0.4) is 0 Å². The lowest BCUT2D eigenvalue weighted by molar-refractivity contribution is 0.103. The Morgan fingerprint density at radius 1 is 1.14 bits per heavy atom. The van der Waals surface area contributed by atoms with Crippen LogP contribution in [0.25, 0.3) is 20.7 Å². The maximum Gasteiger partial charge on any atom is 0.265 e. The molecule has 1 aromatic carbocycles. The number of pyridine rings is 1. The number of anilines is 2. The van der Waals surface area contributed by atoms with Gasteiger partial charge < -0.3 is 15.5 Å². The highest BCUT2D eigenvalue weighted by Crippen LogP contribution is 2.32. The molecule has 0 bridgehead atoms. The van der Waals surface area contributed by atoms with E-state index in [2.05, 4.69) is 43.7 Å². The van der Waals surface area contributed by atoms with Crippen molar-refractivity contribution in [1.82, 2.24) is 15.3 Å². The number of carbonyl (C=O) groups is 1. The van der Waals surface area contributed by atoms with Crippen molar-refractivity contribution in [2.75, 3.05) is 36.4 Å². The summed E-state index contributed by atoms with van der Waals surface area (Å²) in [6.07, 6.45) is 3.49. The fourth-order valence-corrected chi connectivity index (χ4v) is 5.03. The van der Waals surface area contributed by atoms with Gasteiger partial charge in [0.05, 0.1) is 38.2 Å². The van der Waals surface area contributed by atoms with Crippen molar-refractivity contribution in [3.63, 3.8) is 0 Å². The van der Waals surface area contributed by atoms with E-state index in [-0.39, 0.29) is 5.91 Å². The Morgan fingerprint density at radius 2 is 2.03 bits per heavy atom. The number of hydrogen-bond donors (Lipinski definition) is 2. The topological polar surface area (TPSA) is 70.2 Å². The summed E-state index contributed by atoms with van der Waals surface area (Å²) in [6.45, 7) is 3.70. The quantitative estimate of drug-likeness (QED) is 0.520. The maximum absolute atomic E-state index is 12.9. The van der Waals surface area contributed by atoms with Crippen molar-refractivity contribution in [3.8, 4) is 10.4 Å². The van der Waals surface area contributed by atoms with Gasteiger partial charge in [-0.1, -0.05) is 6.07 Å². The van der Waals surface area contributed by atoms with Gasteiger partial charge in [0.1, 0.15) is 0 Å². The van der Waals surface area contributed by atoms with Gasteiger partial charge in [0, 0.05) is 37.3 Å². The summed E-state index contributed by atoms with van der Waals surface area (Å²) in [5.74, 6) is -0.111. The Labute approximate surface area is 176 Å². The van der Waals surface area contributed by atoms with Crippen LogP contribution in [0.2, 0.25) is 0 Å². The first-order valence-corrected chi connectivity index (χ1v) is 11.1. The number of thiophene rings is 1. The van der Waals surface area contributed by atoms with E-state index >= 15 is 0 Å². The minimum Gasteiger partial charge on any atom is -0.367 e. The van der Waals surface area contributed by atoms with Crippen molar-refractivity contribution in [1.29, 1.82) is 0 Å². The molecular formula is C21H19N5OS2. The first-order chi connectivity index (χ1) is 14.3. The molecule has 0 atom stereocenters. The molecule has 146 valence electrons. The van der Waals surface area contributed by atoms with E-state index in [4.69, 9.17) is 0 Å². The molecule has 1 aliphatic heterocycles. The lowest BCUT2D eigenvalue weighted by atomic mass is 10.2. The highest BCUT2D eigenvalue weighted by molar-refractivity contribution is 7.17. The number of piperazine rings is 1. The van der Waals surface area contributed by atoms with E-state index in [0.717, 1.165) is 53.5 Å². The molecule has 1 aliphatic rings. The van der Waals surface area contributed by atoms with Gasteiger partial charge in [0.25, 0.3) is 5.91 Å². The number of thiazole rings is 1. The smallest absolute Gasteiger partial charge is 0.265 e. The molecule has 0 spiro atoms. The number of nitrogens with one attached hydrogen (secondary N) is 2. The molecule has 0 unspecified atom stereocenters. The van der Waals surface area contributed by atoms with E-state index in [1.165, 1.54) is 16.0 Å². The second-order valence-corrected chi connectivity index (χ2v) is 8.75. The number of fused-ring (bicyclic) bond motifs is 1. The number of nitrogens with zero attached hydrogens (tertiary/aromatic N) is 3. The molecule has 0 aliphatic carbocycles. The lowest BCUT2D eigenvalue weighted by Gasteiger charge is -2.30. The van der Waals surface area contributed by atoms with Crippen LogP contribution >= 0.6 is 22.7 Å². The van der Waals surface area contributed by atoms with Crippen LogP contribution in [0.5, 0.6) is 0 Å². The van der Waals surface area contributed by atoms with E-state index in [9.17, 15) is 4.79 Å². The Morgan fingerprint density at radius 3 is 2.93 bits per heavy atom. The number of aromatic nitrogens is 2. The molecule has 5 rings (SSSR count). The molecule has 8 heteroatoms. The molecule has 0 saturated carbocycles. The third-order valence-electron chi connectivity index (χ3n) is 4.95. The van der Waals surface area contributed by atoms with E-state index in [1.54, 1.807) is 23.7 Å². The average molecular weight is 422 g/mol. The van der Waals surface area contributed by atoms with Crippen molar-refractivity contribution >= 4 is 50.2 Å². The minimum atomic E-state index is -0.111. The SMILES string of the molecule is O=C(Nc1cnccc1N1CCNCC1)c1ccc(-c2ccc3scnc3c2)s1. The van der Waals surface area contributed by atoms with E-state index < -0.39 is 0 Å². The summed E-state index contributed by atoms with van der Waals surface area (Å²) < 4.78 is 1.17. The lowest BCUT2D eigenvalue weighted by Crippen LogP contribution is -2.43. The molecule has 1 amide bonds. The van der Waals surface area contributed by atoms with Gasteiger partial charge in [-0.25, -0.2) is 4.98 Å². The number of carbonyl (C=O) groups excluding carboxylic acids is 1. The Kier molecular flexibility index (Phi) is 4.97. The van der Waals surface area contributed by atoms with Gasteiger partial charge in [-0.15, -0.1) is 22.7 Å². The average Bonchev–Trinajstić information content (AvgIpc) is 3.44. The molecule has 4 heterocycles. The Bertz CT molecular complexity index is 1160. The minimum absolute atomic E-state index is 0.111. The standard InChI is InChI=1S/C21H19N5OS2/c27-21(25-16-12-23-6-5-17(16)26-9-7-22-8-10-26)20-4-3-18(29-20)14-1-2-19-15(11-14)24-13-28-19/h1-6,11-13,22H,7-10H2,(H,25,27). The highest BCUT2D eigenvalue weighted by Gasteiger charge is 2.17. The fraction of sp³-hybridized carbons (Fsp3) is 0.190. The molecule has 1 fully saturated rings. The first kappa shape index (κ1) is 18.2. The monoisotopic (exact) mass is 421 g/mol. The Hall–Kier alpha value is -2.81. The van der Waals surface area contributed by atoms with Crippen molar-refractivity contribution in [3.05, 3.63) is 59.2 Å². The number of amides is 1. The number of hydrogen-bond acceptors (Lipinski definition) is 7. The predicted molar refractivity (Wildman–Crippen MR) is 120 cm³/mol. The van der Waals surface area contributed by atoms with E-state index in [1.807, 2.05) is 23.7 Å². The van der Waals surface area contributed by atoms with Gasteiger partial charge >= 0.3 is 0 Å². The number of rotatable bonds is 4. The zero-order chi connectivity index (χ0) is 19.6. The second-order valence-electron chi connectivity index (χ2n) is 6.78. The molecule has 3 aromatic heterocycles. The molecule has 0 radical (unpaired) electrons. The van der Waals surface area contributed by atoms with Crippen LogP contribution in [-0.2, 0) is 0 Å². The normalized spacial score (nSPS) is 14.3. The van der Waals surface area contributed by atoms with Crippen LogP contribution in [0.1, 0.15) is 9.67 Å². The summed E-state index contributed by atoms with van der Waals surface area (Å²) in [5.41, 5.74) is 5.68. The third-order valence-corrected chi connectivity index (χ3v) is 6.89. The largest absolute Gasteiger partial charge is 0.367 e. The maximum atomic E-state index is 12.9. The zero-order valence-corrected chi connectivity index (χ0v) is 17.2. The summed E-state index contributed by atoms with van der Waals surface area (Å²) >= 11 is 3.12. The van der Waals surface area contributed by atoms with Crippen LogP contribution < -0.4 is 15.5 Å². The van der Waals surface area contributed by atoms with Crippen LogP contribution in [0.4, 0.5) is 11.4 Å². The van der Waals surface area contributed by atoms with Gasteiger partial charge in [-0.3, -0.25) is 9.78 Å². The van der Waals surface area contributed by atoms with Gasteiger partial charge in [0.15, 0.2) is 0 Å². The van der Waals surface area contributed by atoms with Gasteiger partial charge in [-0.2, -0.15) is 0 Å². The van der Waals surface area contributed by atoms with Crippen LogP contribution in [0.15, 0.2) is 54.3 Å². The van der Waals surface area contributed by atoms with Gasteiger partial charge in [-0.05, 0) is 35.9 Å². The molecular weight excluding hydrogens is 402 g/mol. The fourth-order valence-electron chi connectivity index (χ4n) is 3.48. The predicted octanol–water partition coefficient (Wildman–Crippen LogP) is 4.08. The summed E-state index contributed by atoms with van der Waals surface area (Å²) in [6, 6.07) is 12.1. The van der Waals surface area contributed by atoms with Crippen LogP contribution in [-0.4, -0.2) is 42.1 Å². The summed E-state index contributed by atoms with van der Waals surface area (Å²) in [5, 5.41) is 6.40. The Balaban J connectivity index is 1.37. The summed E-state index contributed by atoms with van der Waals surface area (Å²) in [4.78, 5) is 25.5. The molecule has 4 aromatic rings. The highest BCUT2D eigenvalue weighted by atomic mass is 32.1. The summed E-state index contributed by atoms with van der Waals surface area (Å²) in [7, 11) is 0. The van der Waals surface area contributed by atoms with Crippen molar-refractivity contribution < 1.29 is 4.79 Å². The van der Waals surface area contributed by atoms with Crippen molar-refractivity contribution in [2.45, 2.75) is 0 Å².